The minimum Gasteiger partial charge on any atom is -0.457 e. The fourth-order valence-electron chi connectivity index (χ4n) is 5.09. The van der Waals surface area contributed by atoms with Gasteiger partial charge in [0.05, 0.1) is 5.30 Å². The van der Waals surface area contributed by atoms with Gasteiger partial charge >= 0.3 is 7.60 Å². The van der Waals surface area contributed by atoms with Gasteiger partial charge in [-0.3, -0.25) is 4.57 Å². The van der Waals surface area contributed by atoms with Crippen molar-refractivity contribution in [3.8, 4) is 22.6 Å². The molecule has 1 aliphatic carbocycles. The molecule has 0 aromatic heterocycles. The molecule has 4 rings (SSSR count). The minimum absolute atomic E-state index is 0.0947. The van der Waals surface area contributed by atoms with Crippen LogP contribution in [0.3, 0.4) is 0 Å². The van der Waals surface area contributed by atoms with Crippen LogP contribution in [0.1, 0.15) is 55.2 Å². The molecule has 4 nitrogen and oxygen atoms in total. The SMILES string of the molecule is C/C=C/[C@H]1CC[C@H](c2ccc(-c3ccc(Oc4c(C)cc(P(=O)(O)O)cc4C)cc3F)cc2F)CC1. The summed E-state index contributed by atoms with van der Waals surface area (Å²) in [6.45, 7) is 5.36. The van der Waals surface area contributed by atoms with E-state index in [1.54, 1.807) is 38.1 Å². The number of benzene rings is 3. The summed E-state index contributed by atoms with van der Waals surface area (Å²) in [5.74, 6) is 0.539. The molecular formula is C29H31F2O4P. The van der Waals surface area contributed by atoms with Crippen molar-refractivity contribution in [3.63, 3.8) is 0 Å². The molecule has 0 heterocycles. The van der Waals surface area contributed by atoms with Crippen molar-refractivity contribution in [3.05, 3.63) is 89.0 Å². The standard InChI is InChI=1S/C29H31F2O4P/c1-4-5-20-6-8-21(9-7-20)25-12-10-22(16-27(25)30)26-13-11-23(17-28(26)31)35-29-18(2)14-24(15-19(29)3)36(32,33)34/h4-5,10-17,20-21H,6-9H2,1-3H3,(H2,32,33,34)/b5-4+/t20-,21-. The molecule has 0 saturated heterocycles. The number of hydrogen-bond acceptors (Lipinski definition) is 2. The fourth-order valence-corrected chi connectivity index (χ4v) is 5.81. The highest BCUT2D eigenvalue weighted by Gasteiger charge is 2.24. The van der Waals surface area contributed by atoms with Crippen LogP contribution in [-0.4, -0.2) is 9.79 Å². The van der Waals surface area contributed by atoms with Gasteiger partial charge in [0.1, 0.15) is 23.1 Å². The zero-order chi connectivity index (χ0) is 26.0. The highest BCUT2D eigenvalue weighted by molar-refractivity contribution is 7.60. The Bertz CT molecular complexity index is 1310. The van der Waals surface area contributed by atoms with Crippen LogP contribution in [0.15, 0.2) is 60.7 Å². The molecule has 3 aromatic rings. The number of allylic oxidation sites excluding steroid dienone is 2. The number of rotatable bonds is 6. The van der Waals surface area contributed by atoms with Gasteiger partial charge in [0, 0.05) is 11.6 Å². The van der Waals surface area contributed by atoms with Crippen LogP contribution in [0, 0.1) is 31.4 Å². The first kappa shape index (κ1) is 26.3. The number of halogens is 2. The largest absolute Gasteiger partial charge is 0.457 e. The lowest BCUT2D eigenvalue weighted by atomic mass is 9.78. The molecule has 0 spiro atoms. The molecule has 7 heteroatoms. The molecule has 2 N–H and O–H groups in total. The summed E-state index contributed by atoms with van der Waals surface area (Å²) in [7, 11) is -4.39. The molecular weight excluding hydrogens is 481 g/mol. The zero-order valence-corrected chi connectivity index (χ0v) is 21.6. The Kier molecular flexibility index (Phi) is 7.79. The summed E-state index contributed by atoms with van der Waals surface area (Å²) in [5, 5.41) is -0.0947. The van der Waals surface area contributed by atoms with E-state index in [2.05, 4.69) is 12.2 Å². The Hall–Kier alpha value is -2.79. The number of ether oxygens (including phenoxy) is 1. The van der Waals surface area contributed by atoms with E-state index in [0.29, 0.717) is 33.9 Å². The number of hydrogen-bond donors (Lipinski definition) is 2. The van der Waals surface area contributed by atoms with E-state index in [-0.39, 0.29) is 28.4 Å². The molecule has 0 unspecified atom stereocenters. The highest BCUT2D eigenvalue weighted by Crippen LogP contribution is 2.40. The third-order valence-corrected chi connectivity index (χ3v) is 7.86. The van der Waals surface area contributed by atoms with Crippen LogP contribution >= 0.6 is 7.60 Å². The monoisotopic (exact) mass is 512 g/mol. The van der Waals surface area contributed by atoms with Crippen molar-refractivity contribution in [1.29, 1.82) is 0 Å². The van der Waals surface area contributed by atoms with Gasteiger partial charge in [-0.25, -0.2) is 8.78 Å². The van der Waals surface area contributed by atoms with E-state index < -0.39 is 13.4 Å². The van der Waals surface area contributed by atoms with Crippen molar-refractivity contribution in [2.45, 2.75) is 52.4 Å². The van der Waals surface area contributed by atoms with E-state index in [9.17, 15) is 14.4 Å². The first-order chi connectivity index (χ1) is 17.1. The Morgan fingerprint density at radius 2 is 1.58 bits per heavy atom. The summed E-state index contributed by atoms with van der Waals surface area (Å²) < 4.78 is 47.5. The second-order valence-electron chi connectivity index (χ2n) is 9.57. The smallest absolute Gasteiger partial charge is 0.356 e. The summed E-state index contributed by atoms with van der Waals surface area (Å²) in [4.78, 5) is 18.9. The van der Waals surface area contributed by atoms with Crippen LogP contribution < -0.4 is 10.0 Å². The van der Waals surface area contributed by atoms with Crippen LogP contribution in [-0.2, 0) is 4.57 Å². The second-order valence-corrected chi connectivity index (χ2v) is 11.2. The minimum atomic E-state index is -4.39. The maximum atomic E-state index is 15.1. The van der Waals surface area contributed by atoms with Gasteiger partial charge in [0.2, 0.25) is 0 Å². The second kappa shape index (κ2) is 10.7. The molecule has 0 radical (unpaired) electrons. The number of aryl methyl sites for hydroxylation is 2. The molecule has 1 fully saturated rings. The summed E-state index contributed by atoms with van der Waals surface area (Å²) in [6.07, 6.45) is 8.29. The zero-order valence-electron chi connectivity index (χ0n) is 20.7. The average molecular weight is 513 g/mol. The van der Waals surface area contributed by atoms with Crippen LogP contribution in [0.25, 0.3) is 11.1 Å². The van der Waals surface area contributed by atoms with E-state index >= 15 is 8.78 Å². The van der Waals surface area contributed by atoms with Crippen LogP contribution in [0.4, 0.5) is 8.78 Å². The lowest BCUT2D eigenvalue weighted by Crippen LogP contribution is -2.13. The van der Waals surface area contributed by atoms with Crippen molar-refractivity contribution in [2.75, 3.05) is 0 Å². The maximum Gasteiger partial charge on any atom is 0.356 e. The van der Waals surface area contributed by atoms with E-state index in [0.717, 1.165) is 25.7 Å². The van der Waals surface area contributed by atoms with Crippen LogP contribution in [0.2, 0.25) is 0 Å². The van der Waals surface area contributed by atoms with Crippen molar-refractivity contribution in [1.82, 2.24) is 0 Å². The predicted octanol–water partition coefficient (Wildman–Crippen LogP) is 7.69. The normalized spacial score (nSPS) is 18.5. The molecule has 1 aliphatic rings. The summed E-state index contributed by atoms with van der Waals surface area (Å²) >= 11 is 0. The van der Waals surface area contributed by atoms with Gasteiger partial charge in [-0.15, -0.1) is 0 Å². The van der Waals surface area contributed by atoms with Gasteiger partial charge in [-0.1, -0.05) is 24.3 Å². The fraction of sp³-hybridized carbons (Fsp3) is 0.310. The van der Waals surface area contributed by atoms with Crippen molar-refractivity contribution < 1.29 is 27.9 Å². The Balaban J connectivity index is 1.53. The van der Waals surface area contributed by atoms with Crippen LogP contribution in [0.5, 0.6) is 11.5 Å². The molecule has 1 saturated carbocycles. The van der Waals surface area contributed by atoms with Gasteiger partial charge in [-0.2, -0.15) is 0 Å². The first-order valence-corrected chi connectivity index (χ1v) is 13.8. The first-order valence-electron chi connectivity index (χ1n) is 12.1. The van der Waals surface area contributed by atoms with Gasteiger partial charge < -0.3 is 14.5 Å². The summed E-state index contributed by atoms with van der Waals surface area (Å²) in [6, 6.07) is 12.1. The predicted molar refractivity (Wildman–Crippen MR) is 139 cm³/mol. The van der Waals surface area contributed by atoms with Gasteiger partial charge in [0.15, 0.2) is 0 Å². The highest BCUT2D eigenvalue weighted by atomic mass is 31.2. The van der Waals surface area contributed by atoms with Crippen molar-refractivity contribution >= 4 is 12.9 Å². The Labute approximate surface area is 210 Å². The molecule has 0 bridgehead atoms. The van der Waals surface area contributed by atoms with Gasteiger partial charge in [-0.05, 0) is 111 Å². The third kappa shape index (κ3) is 5.78. The van der Waals surface area contributed by atoms with E-state index in [4.69, 9.17) is 4.74 Å². The lowest BCUT2D eigenvalue weighted by Gasteiger charge is -2.27. The Morgan fingerprint density at radius 1 is 0.917 bits per heavy atom. The molecule has 0 aliphatic heterocycles. The average Bonchev–Trinajstić information content (AvgIpc) is 2.81. The van der Waals surface area contributed by atoms with Crippen molar-refractivity contribution in [2.24, 2.45) is 5.92 Å². The summed E-state index contributed by atoms with van der Waals surface area (Å²) in [5.41, 5.74) is 2.48. The maximum absolute atomic E-state index is 15.1. The van der Waals surface area contributed by atoms with Gasteiger partial charge in [0.25, 0.3) is 0 Å². The lowest BCUT2D eigenvalue weighted by molar-refractivity contribution is 0.368. The molecule has 0 amide bonds. The van der Waals surface area contributed by atoms with E-state index in [1.807, 2.05) is 6.92 Å². The third-order valence-electron chi connectivity index (χ3n) is 6.93. The van der Waals surface area contributed by atoms with E-state index in [1.165, 1.54) is 24.3 Å². The molecule has 190 valence electrons. The topological polar surface area (TPSA) is 66.8 Å². The quantitative estimate of drug-likeness (QED) is 0.262. The molecule has 3 aromatic carbocycles. The Morgan fingerprint density at radius 3 is 2.14 bits per heavy atom. The molecule has 0 atom stereocenters. The molecule has 36 heavy (non-hydrogen) atoms.